The second-order valence-electron chi connectivity index (χ2n) is 4.07. The molecule has 0 radical (unpaired) electrons. The van der Waals surface area contributed by atoms with Gasteiger partial charge in [-0.15, -0.1) is 0 Å². The van der Waals surface area contributed by atoms with Gasteiger partial charge in [0.25, 0.3) is 0 Å². The fourth-order valence-electron chi connectivity index (χ4n) is 0.970. The van der Waals surface area contributed by atoms with Crippen LogP contribution in [0.25, 0.3) is 0 Å². The largest absolute Gasteiger partial charge is 0.379 e. The van der Waals surface area contributed by atoms with Gasteiger partial charge in [-0.05, 0) is 35.7 Å². The third-order valence-corrected chi connectivity index (χ3v) is 2.08. The van der Waals surface area contributed by atoms with Crippen LogP contribution < -0.4 is 0 Å². The molecule has 0 aliphatic rings. The highest BCUT2D eigenvalue weighted by Crippen LogP contribution is 2.21. The second-order valence-corrected chi connectivity index (χ2v) is 4.65. The van der Waals surface area contributed by atoms with E-state index in [1.165, 1.54) is 5.56 Å². The number of hydrogen-bond acceptors (Lipinski definition) is 0. The Balaban J connectivity index is 0.000000423. The molecule has 0 atom stereocenters. The van der Waals surface area contributed by atoms with E-state index in [1.54, 1.807) is 0 Å². The van der Waals surface area contributed by atoms with Crippen LogP contribution in [0.3, 0.4) is 0 Å². The lowest BCUT2D eigenvalue weighted by Gasteiger charge is -2.18. The van der Waals surface area contributed by atoms with Crippen LogP contribution in [-0.4, -0.2) is 6.68 Å². The zero-order valence-electron chi connectivity index (χ0n) is 9.02. The summed E-state index contributed by atoms with van der Waals surface area (Å²) in [6, 6.07) is 8.47. The molecule has 86 valence electrons. The Bertz CT molecular complexity index is 272. The molecule has 1 rings (SSSR count). The Labute approximate surface area is 93.9 Å². The minimum absolute atomic E-state index is 0.264. The zero-order chi connectivity index (χ0) is 12.1. The fourth-order valence-corrected chi connectivity index (χ4v) is 1.14. The van der Waals surface area contributed by atoms with E-state index in [0.717, 1.165) is 4.90 Å². The molecule has 0 N–H and O–H groups in total. The summed E-state index contributed by atoms with van der Waals surface area (Å²) >= 11 is 3.46. The summed E-state index contributed by atoms with van der Waals surface area (Å²) in [4.78, 5) is 1.14. The molecule has 15 heavy (non-hydrogen) atoms. The topological polar surface area (TPSA) is 0 Å². The van der Waals surface area contributed by atoms with Gasteiger partial charge in [0.15, 0.2) is 0 Å². The standard InChI is InChI=1S/C10H14S.CHF3/c1-10(2,3)8-4-6-9(11)7-5-8;2-1(3)4/h4-7,11H,1-3H3;1H/p+1. The van der Waals surface area contributed by atoms with Gasteiger partial charge in [-0.1, -0.05) is 32.9 Å². The Hall–Kier alpha value is -0.640. The van der Waals surface area contributed by atoms with Crippen LogP contribution in [-0.2, 0) is 18.0 Å². The third kappa shape index (κ3) is 7.31. The first-order chi connectivity index (χ1) is 6.73. The van der Waals surface area contributed by atoms with Gasteiger partial charge in [-0.25, -0.2) is 0 Å². The van der Waals surface area contributed by atoms with Crippen molar-refractivity contribution in [3.05, 3.63) is 29.8 Å². The fraction of sp³-hybridized carbons (Fsp3) is 0.455. The molecule has 0 nitrogen and oxygen atoms in total. The number of hydrogen-bond donors (Lipinski definition) is 0. The molecule has 0 heterocycles. The number of halogens is 3. The molecule has 0 aliphatic heterocycles. The molecule has 0 aliphatic carbocycles. The van der Waals surface area contributed by atoms with Crippen LogP contribution in [0.5, 0.6) is 0 Å². The molecule has 0 unspecified atom stereocenters. The molecule has 0 bridgehead atoms. The van der Waals surface area contributed by atoms with E-state index in [9.17, 15) is 13.2 Å². The minimum atomic E-state index is -3.67. The first-order valence-electron chi connectivity index (χ1n) is 4.48. The average molecular weight is 237 g/mol. The summed E-state index contributed by atoms with van der Waals surface area (Å²) in [6.07, 6.45) is 0. The quantitative estimate of drug-likeness (QED) is 0.605. The van der Waals surface area contributed by atoms with Crippen molar-refractivity contribution >= 4 is 12.6 Å². The van der Waals surface area contributed by atoms with Gasteiger partial charge in [0.2, 0.25) is 0 Å². The van der Waals surface area contributed by atoms with Crippen molar-refractivity contribution in [1.82, 2.24) is 0 Å². The first-order valence-corrected chi connectivity index (χ1v) is 4.98. The van der Waals surface area contributed by atoms with Crippen LogP contribution in [0.15, 0.2) is 29.2 Å². The van der Waals surface area contributed by atoms with Crippen LogP contribution in [0.4, 0.5) is 13.2 Å². The first kappa shape index (κ1) is 14.4. The molecule has 1 aromatic carbocycles. The SMILES string of the molecule is CC(C)(C)c1ccc([SH2+])cc1.FC(F)F. The number of alkyl halides is 3. The smallest absolute Gasteiger partial charge is 0.174 e. The summed E-state index contributed by atoms with van der Waals surface area (Å²) < 4.78 is 29.0. The lowest BCUT2D eigenvalue weighted by atomic mass is 9.87. The van der Waals surface area contributed by atoms with E-state index in [1.807, 2.05) is 0 Å². The molecule has 4 heteroatoms. The Morgan fingerprint density at radius 2 is 1.33 bits per heavy atom. The lowest BCUT2D eigenvalue weighted by Crippen LogP contribution is -2.10. The maximum Gasteiger partial charge on any atom is 0.379 e. The summed E-state index contributed by atoms with van der Waals surface area (Å²) in [5.41, 5.74) is 1.64. The van der Waals surface area contributed by atoms with Crippen LogP contribution >= 0.6 is 0 Å². The molecular weight excluding hydrogens is 221 g/mol. The van der Waals surface area contributed by atoms with E-state index >= 15 is 0 Å². The molecule has 0 amide bonds. The Morgan fingerprint density at radius 1 is 1.00 bits per heavy atom. The number of benzene rings is 1. The maximum atomic E-state index is 9.67. The van der Waals surface area contributed by atoms with Gasteiger partial charge in [0.1, 0.15) is 4.90 Å². The molecular formula is C11H16F3S+. The van der Waals surface area contributed by atoms with Crippen LogP contribution in [0.2, 0.25) is 0 Å². The molecule has 0 fully saturated rings. The zero-order valence-corrected chi connectivity index (χ0v) is 10.0. The van der Waals surface area contributed by atoms with Gasteiger partial charge >= 0.3 is 6.68 Å². The summed E-state index contributed by atoms with van der Waals surface area (Å²) in [5.74, 6) is 0. The van der Waals surface area contributed by atoms with Crippen LogP contribution in [0.1, 0.15) is 26.3 Å². The summed E-state index contributed by atoms with van der Waals surface area (Å²) in [6.45, 7) is 2.99. The van der Waals surface area contributed by atoms with Crippen molar-refractivity contribution in [2.24, 2.45) is 0 Å². The minimum Gasteiger partial charge on any atom is -0.174 e. The van der Waals surface area contributed by atoms with E-state index < -0.39 is 6.68 Å². The summed E-state index contributed by atoms with van der Waals surface area (Å²) in [5, 5.41) is 0. The molecule has 0 saturated heterocycles. The van der Waals surface area contributed by atoms with Crippen molar-refractivity contribution in [2.45, 2.75) is 37.8 Å². The van der Waals surface area contributed by atoms with E-state index in [4.69, 9.17) is 0 Å². The van der Waals surface area contributed by atoms with Crippen LogP contribution in [0, 0.1) is 0 Å². The van der Waals surface area contributed by atoms with Crippen molar-refractivity contribution in [2.75, 3.05) is 0 Å². The predicted molar refractivity (Wildman–Crippen MR) is 60.7 cm³/mol. The lowest BCUT2D eigenvalue weighted by molar-refractivity contribution is 0.00819. The highest BCUT2D eigenvalue weighted by molar-refractivity contribution is 7.58. The van der Waals surface area contributed by atoms with E-state index in [-0.39, 0.29) is 5.41 Å². The van der Waals surface area contributed by atoms with Crippen molar-refractivity contribution in [1.29, 1.82) is 0 Å². The number of rotatable bonds is 0. The van der Waals surface area contributed by atoms with E-state index in [0.29, 0.717) is 0 Å². The highest BCUT2D eigenvalue weighted by Gasteiger charge is 2.12. The average Bonchev–Trinajstić information content (AvgIpc) is 2.01. The van der Waals surface area contributed by atoms with Crippen molar-refractivity contribution in [3.8, 4) is 0 Å². The van der Waals surface area contributed by atoms with Gasteiger partial charge < -0.3 is 0 Å². The molecule has 1 aromatic rings. The Morgan fingerprint density at radius 3 is 1.60 bits per heavy atom. The molecule has 0 spiro atoms. The molecule has 0 aromatic heterocycles. The van der Waals surface area contributed by atoms with Crippen molar-refractivity contribution < 1.29 is 13.2 Å². The second kappa shape index (κ2) is 6.05. The monoisotopic (exact) mass is 237 g/mol. The van der Waals surface area contributed by atoms with Gasteiger partial charge in [0.05, 0.1) is 0 Å². The Kier molecular flexibility index (Phi) is 5.80. The van der Waals surface area contributed by atoms with Gasteiger partial charge in [0, 0.05) is 0 Å². The third-order valence-electron chi connectivity index (χ3n) is 1.75. The predicted octanol–water partition coefficient (Wildman–Crippen LogP) is 3.53. The maximum absolute atomic E-state index is 9.67. The van der Waals surface area contributed by atoms with Crippen molar-refractivity contribution in [3.63, 3.8) is 0 Å². The van der Waals surface area contributed by atoms with Gasteiger partial charge in [-0.2, -0.15) is 13.2 Å². The van der Waals surface area contributed by atoms with Gasteiger partial charge in [-0.3, -0.25) is 0 Å². The highest BCUT2D eigenvalue weighted by atomic mass is 32.1. The normalized spacial score (nSPS) is 10.9. The van der Waals surface area contributed by atoms with E-state index in [2.05, 4.69) is 57.7 Å². The molecule has 0 saturated carbocycles. The summed E-state index contributed by atoms with van der Waals surface area (Å²) in [7, 11) is 0.